The molecule has 3 fully saturated rings. The van der Waals surface area contributed by atoms with Gasteiger partial charge in [0.25, 0.3) is 0 Å². The van der Waals surface area contributed by atoms with Crippen molar-refractivity contribution in [2.45, 2.75) is 44.9 Å². The highest BCUT2D eigenvalue weighted by molar-refractivity contribution is 14.0. The maximum absolute atomic E-state index is 4.41. The number of guanidine groups is 1. The Morgan fingerprint density at radius 1 is 1.21 bits per heavy atom. The van der Waals surface area contributed by atoms with Gasteiger partial charge >= 0.3 is 0 Å². The Bertz CT molecular complexity index is 313. The lowest BCUT2D eigenvalue weighted by molar-refractivity contribution is 0.313. The van der Waals surface area contributed by atoms with Gasteiger partial charge in [-0.25, -0.2) is 0 Å². The first-order valence-corrected chi connectivity index (χ1v) is 7.82. The molecule has 0 radical (unpaired) electrons. The van der Waals surface area contributed by atoms with Gasteiger partial charge in [-0.15, -0.1) is 24.0 Å². The Kier molecular flexibility index (Phi) is 5.78. The summed E-state index contributed by atoms with van der Waals surface area (Å²) in [5, 5.41) is 3.57. The van der Waals surface area contributed by atoms with Crippen LogP contribution in [0.3, 0.4) is 0 Å². The first-order valence-electron chi connectivity index (χ1n) is 7.82. The van der Waals surface area contributed by atoms with Crippen molar-refractivity contribution in [2.75, 3.05) is 26.7 Å². The van der Waals surface area contributed by atoms with Crippen LogP contribution in [-0.2, 0) is 0 Å². The van der Waals surface area contributed by atoms with E-state index in [1.54, 1.807) is 0 Å². The molecular weight excluding hydrogens is 349 g/mol. The Morgan fingerprint density at radius 2 is 2.00 bits per heavy atom. The number of aliphatic imine (C=N–C) groups is 1. The highest BCUT2D eigenvalue weighted by atomic mass is 127. The van der Waals surface area contributed by atoms with Crippen LogP contribution in [0.5, 0.6) is 0 Å². The summed E-state index contributed by atoms with van der Waals surface area (Å²) >= 11 is 0. The smallest absolute Gasteiger partial charge is 0.193 e. The van der Waals surface area contributed by atoms with Gasteiger partial charge in [-0.05, 0) is 56.3 Å². The summed E-state index contributed by atoms with van der Waals surface area (Å²) in [5.74, 6) is 4.28. The van der Waals surface area contributed by atoms with E-state index in [1.807, 2.05) is 7.05 Å². The second-order valence-electron chi connectivity index (χ2n) is 6.39. The van der Waals surface area contributed by atoms with E-state index in [1.165, 1.54) is 58.0 Å². The number of nitrogens with one attached hydrogen (secondary N) is 1. The lowest BCUT2D eigenvalue weighted by Crippen LogP contribution is -2.40. The first-order chi connectivity index (χ1) is 8.86. The second kappa shape index (κ2) is 7.14. The van der Waals surface area contributed by atoms with Crippen LogP contribution in [0.4, 0.5) is 0 Å². The topological polar surface area (TPSA) is 27.6 Å². The fraction of sp³-hybridized carbons (Fsp3) is 0.933. The Labute approximate surface area is 134 Å². The van der Waals surface area contributed by atoms with Gasteiger partial charge < -0.3 is 10.2 Å². The Morgan fingerprint density at radius 3 is 2.58 bits per heavy atom. The molecule has 1 saturated heterocycles. The minimum Gasteiger partial charge on any atom is -0.356 e. The zero-order valence-corrected chi connectivity index (χ0v) is 14.4. The van der Waals surface area contributed by atoms with E-state index >= 15 is 0 Å². The molecule has 3 rings (SSSR count). The van der Waals surface area contributed by atoms with Crippen LogP contribution >= 0.6 is 24.0 Å². The summed E-state index contributed by atoms with van der Waals surface area (Å²) in [6.45, 7) is 3.50. The minimum absolute atomic E-state index is 0. The second-order valence-corrected chi connectivity index (χ2v) is 6.39. The maximum Gasteiger partial charge on any atom is 0.193 e. The van der Waals surface area contributed by atoms with Crippen molar-refractivity contribution in [3.8, 4) is 0 Å². The molecule has 1 N–H and O–H groups in total. The van der Waals surface area contributed by atoms with E-state index in [0.717, 1.165) is 30.3 Å². The number of nitrogens with zero attached hydrogens (tertiary/aromatic N) is 2. The third kappa shape index (κ3) is 3.56. The predicted molar refractivity (Wildman–Crippen MR) is 91.1 cm³/mol. The monoisotopic (exact) mass is 377 g/mol. The molecule has 1 aliphatic heterocycles. The van der Waals surface area contributed by atoms with Gasteiger partial charge in [0.1, 0.15) is 0 Å². The summed E-state index contributed by atoms with van der Waals surface area (Å²) in [5.41, 5.74) is 0. The number of fused-ring (bicyclic) bond motifs is 2. The molecule has 3 atom stereocenters. The molecule has 110 valence electrons. The molecule has 2 aliphatic carbocycles. The minimum atomic E-state index is 0. The maximum atomic E-state index is 4.41. The summed E-state index contributed by atoms with van der Waals surface area (Å²) in [6.07, 6.45) is 10.1. The van der Waals surface area contributed by atoms with Crippen molar-refractivity contribution in [1.82, 2.24) is 10.2 Å². The number of hydrogen-bond donors (Lipinski definition) is 1. The standard InChI is InChI=1S/C15H27N3.HI/c1-16-15(18-8-2-3-9-18)17-7-6-14-11-12-4-5-13(14)10-12;/h12-14H,2-11H2,1H3,(H,16,17);1H. The van der Waals surface area contributed by atoms with E-state index in [0.29, 0.717) is 0 Å². The number of halogens is 1. The Hall–Kier alpha value is 0. The molecule has 1 heterocycles. The molecule has 3 nitrogen and oxygen atoms in total. The zero-order valence-electron chi connectivity index (χ0n) is 12.1. The van der Waals surface area contributed by atoms with Crippen LogP contribution < -0.4 is 5.32 Å². The molecule has 4 heteroatoms. The van der Waals surface area contributed by atoms with E-state index in [-0.39, 0.29) is 24.0 Å². The van der Waals surface area contributed by atoms with Crippen LogP contribution in [0.1, 0.15) is 44.9 Å². The van der Waals surface area contributed by atoms with Gasteiger partial charge in [0.15, 0.2) is 5.96 Å². The number of hydrogen-bond acceptors (Lipinski definition) is 1. The van der Waals surface area contributed by atoms with Gasteiger partial charge in [-0.2, -0.15) is 0 Å². The molecular formula is C15H28IN3. The normalized spacial score (nSPS) is 33.6. The van der Waals surface area contributed by atoms with Crippen LogP contribution in [0.25, 0.3) is 0 Å². The van der Waals surface area contributed by atoms with Gasteiger partial charge in [-0.3, -0.25) is 4.99 Å². The zero-order chi connectivity index (χ0) is 12.4. The highest BCUT2D eigenvalue weighted by Crippen LogP contribution is 2.49. The van der Waals surface area contributed by atoms with Crippen LogP contribution in [0, 0.1) is 17.8 Å². The molecule has 0 spiro atoms. The summed E-state index contributed by atoms with van der Waals surface area (Å²) in [6, 6.07) is 0. The molecule has 19 heavy (non-hydrogen) atoms. The molecule has 0 aromatic heterocycles. The summed E-state index contributed by atoms with van der Waals surface area (Å²) in [7, 11) is 1.91. The quantitative estimate of drug-likeness (QED) is 0.465. The number of rotatable bonds is 3. The Balaban J connectivity index is 0.00000133. The number of likely N-dealkylation sites (tertiary alicyclic amines) is 1. The van der Waals surface area contributed by atoms with E-state index in [4.69, 9.17) is 0 Å². The van der Waals surface area contributed by atoms with Crippen molar-refractivity contribution in [3.63, 3.8) is 0 Å². The lowest BCUT2D eigenvalue weighted by atomic mass is 9.86. The molecule has 0 amide bonds. The van der Waals surface area contributed by atoms with Gasteiger partial charge in [0.2, 0.25) is 0 Å². The van der Waals surface area contributed by atoms with E-state index in [9.17, 15) is 0 Å². The summed E-state index contributed by atoms with van der Waals surface area (Å²) < 4.78 is 0. The largest absolute Gasteiger partial charge is 0.356 e. The first kappa shape index (κ1) is 15.4. The van der Waals surface area contributed by atoms with Crippen molar-refractivity contribution in [2.24, 2.45) is 22.7 Å². The van der Waals surface area contributed by atoms with Crippen molar-refractivity contribution in [3.05, 3.63) is 0 Å². The fourth-order valence-corrected chi connectivity index (χ4v) is 4.36. The van der Waals surface area contributed by atoms with E-state index in [2.05, 4.69) is 15.2 Å². The average molecular weight is 377 g/mol. The SMILES string of the molecule is CN=C(NCCC1CC2CCC1C2)N1CCCC1.I. The van der Waals surface area contributed by atoms with Gasteiger partial charge in [0, 0.05) is 26.7 Å². The fourth-order valence-electron chi connectivity index (χ4n) is 4.36. The molecule has 0 aromatic rings. The third-order valence-corrected chi connectivity index (χ3v) is 5.30. The van der Waals surface area contributed by atoms with Gasteiger partial charge in [0.05, 0.1) is 0 Å². The van der Waals surface area contributed by atoms with Gasteiger partial charge in [-0.1, -0.05) is 6.42 Å². The van der Waals surface area contributed by atoms with Crippen LogP contribution in [0.2, 0.25) is 0 Å². The predicted octanol–water partition coefficient (Wildman–Crippen LogP) is 3.10. The van der Waals surface area contributed by atoms with Crippen molar-refractivity contribution >= 4 is 29.9 Å². The highest BCUT2D eigenvalue weighted by Gasteiger charge is 2.38. The molecule has 3 unspecified atom stereocenters. The summed E-state index contributed by atoms with van der Waals surface area (Å²) in [4.78, 5) is 6.82. The van der Waals surface area contributed by atoms with Crippen molar-refractivity contribution < 1.29 is 0 Å². The lowest BCUT2D eigenvalue weighted by Gasteiger charge is -2.24. The molecule has 3 aliphatic rings. The van der Waals surface area contributed by atoms with Crippen LogP contribution in [-0.4, -0.2) is 37.5 Å². The third-order valence-electron chi connectivity index (χ3n) is 5.30. The molecule has 2 bridgehead atoms. The van der Waals surface area contributed by atoms with Crippen molar-refractivity contribution in [1.29, 1.82) is 0 Å². The average Bonchev–Trinajstić information content (AvgIpc) is 3.10. The van der Waals surface area contributed by atoms with E-state index < -0.39 is 0 Å². The molecule has 2 saturated carbocycles. The molecule has 0 aromatic carbocycles. The van der Waals surface area contributed by atoms with Crippen LogP contribution in [0.15, 0.2) is 4.99 Å².